The number of nitrogens with zero attached hydrogens (tertiary/aromatic N) is 3. The molecule has 0 spiro atoms. The van der Waals surface area contributed by atoms with E-state index < -0.39 is 17.6 Å². The first-order chi connectivity index (χ1) is 18.5. The quantitative estimate of drug-likeness (QED) is 0.145. The van der Waals surface area contributed by atoms with Crippen molar-refractivity contribution in [2.24, 2.45) is 5.10 Å². The van der Waals surface area contributed by atoms with Gasteiger partial charge < -0.3 is 9.47 Å². The number of nitrogens with one attached hydrogen (secondary N) is 2. The zero-order chi connectivity index (χ0) is 26.7. The molecule has 4 aromatic rings. The second kappa shape index (κ2) is 13.4. The smallest absolute Gasteiger partial charge is 0.260 e. The summed E-state index contributed by atoms with van der Waals surface area (Å²) in [4.78, 5) is 24.3. The van der Waals surface area contributed by atoms with E-state index in [1.54, 1.807) is 30.3 Å². The van der Waals surface area contributed by atoms with Gasteiger partial charge in [-0.2, -0.15) is 5.10 Å². The second-order valence-corrected chi connectivity index (χ2v) is 9.60. The molecule has 4 rings (SSSR count). The van der Waals surface area contributed by atoms with Crippen molar-refractivity contribution >= 4 is 50.4 Å². The number of carbonyl (C=O) groups is 2. The van der Waals surface area contributed by atoms with Gasteiger partial charge in [-0.15, -0.1) is 10.2 Å². The summed E-state index contributed by atoms with van der Waals surface area (Å²) in [5, 5.41) is 14.6. The number of aromatic nitrogens is 2. The van der Waals surface area contributed by atoms with Crippen LogP contribution in [0.2, 0.25) is 0 Å². The molecular weight excluding hydrogens is 577 g/mol. The van der Waals surface area contributed by atoms with Gasteiger partial charge in [0.05, 0.1) is 18.2 Å². The highest BCUT2D eigenvalue weighted by Gasteiger charge is 2.15. The Morgan fingerprint density at radius 2 is 1.61 bits per heavy atom. The van der Waals surface area contributed by atoms with Crippen molar-refractivity contribution in [3.63, 3.8) is 0 Å². The van der Waals surface area contributed by atoms with Gasteiger partial charge in [0.15, 0.2) is 0 Å². The highest BCUT2D eigenvalue weighted by molar-refractivity contribution is 9.10. The molecule has 0 bridgehead atoms. The molecule has 0 saturated heterocycles. The Kier molecular flexibility index (Phi) is 9.48. The molecule has 1 heterocycles. The molecule has 0 radical (unpaired) electrons. The number of hydrazone groups is 1. The van der Waals surface area contributed by atoms with Crippen molar-refractivity contribution in [3.8, 4) is 11.5 Å². The Hall–Kier alpha value is -4.16. The molecule has 0 atom stereocenters. The van der Waals surface area contributed by atoms with Crippen LogP contribution in [-0.2, 0) is 11.2 Å². The number of benzene rings is 3. The van der Waals surface area contributed by atoms with Crippen molar-refractivity contribution in [3.05, 3.63) is 99.2 Å². The maximum atomic E-state index is 13.7. The highest BCUT2D eigenvalue weighted by Crippen LogP contribution is 2.18. The largest absolute Gasteiger partial charge is 0.490 e. The van der Waals surface area contributed by atoms with E-state index in [-0.39, 0.29) is 17.1 Å². The molecule has 12 heteroatoms. The van der Waals surface area contributed by atoms with Crippen molar-refractivity contribution in [1.82, 2.24) is 15.6 Å². The highest BCUT2D eigenvalue weighted by atomic mass is 79.9. The second-order valence-electron chi connectivity index (χ2n) is 7.62. The maximum absolute atomic E-state index is 13.7. The van der Waals surface area contributed by atoms with Crippen molar-refractivity contribution < 1.29 is 23.5 Å². The number of ether oxygens (including phenoxy) is 2. The van der Waals surface area contributed by atoms with Gasteiger partial charge in [-0.1, -0.05) is 39.4 Å². The van der Waals surface area contributed by atoms with E-state index in [1.165, 1.54) is 24.4 Å². The Morgan fingerprint density at radius 3 is 2.29 bits per heavy atom. The molecule has 0 saturated carbocycles. The number of amides is 2. The Balaban J connectivity index is 1.17. The van der Waals surface area contributed by atoms with Gasteiger partial charge in [-0.05, 0) is 66.2 Å². The predicted molar refractivity (Wildman–Crippen MR) is 145 cm³/mol. The summed E-state index contributed by atoms with van der Waals surface area (Å²) in [6, 6.07) is 20.3. The summed E-state index contributed by atoms with van der Waals surface area (Å²) < 4.78 is 26.0. The summed E-state index contributed by atoms with van der Waals surface area (Å²) >= 11 is 4.39. The van der Waals surface area contributed by atoms with Crippen LogP contribution in [0.25, 0.3) is 0 Å². The fraction of sp³-hybridized carbons (Fsp3) is 0.115. The third-order valence-electron chi connectivity index (χ3n) is 4.83. The van der Waals surface area contributed by atoms with E-state index in [9.17, 15) is 14.0 Å². The molecule has 1 aromatic heterocycles. The van der Waals surface area contributed by atoms with Crippen LogP contribution in [0.15, 0.2) is 82.4 Å². The van der Waals surface area contributed by atoms with E-state index in [2.05, 4.69) is 42.0 Å². The third kappa shape index (κ3) is 8.18. The van der Waals surface area contributed by atoms with Gasteiger partial charge in [-0.25, -0.2) is 9.82 Å². The molecule has 0 fully saturated rings. The average Bonchev–Trinajstić information content (AvgIpc) is 3.35. The van der Waals surface area contributed by atoms with Crippen molar-refractivity contribution in [1.29, 1.82) is 0 Å². The Labute approximate surface area is 229 Å². The van der Waals surface area contributed by atoms with E-state index in [1.807, 2.05) is 24.3 Å². The van der Waals surface area contributed by atoms with Gasteiger partial charge in [0, 0.05) is 4.47 Å². The minimum atomic E-state index is -0.648. The van der Waals surface area contributed by atoms with Crippen LogP contribution < -0.4 is 20.2 Å². The Bertz CT molecular complexity index is 1410. The maximum Gasteiger partial charge on any atom is 0.260 e. The number of anilines is 1. The topological polar surface area (TPSA) is 115 Å². The normalized spacial score (nSPS) is 10.8. The number of rotatable bonds is 11. The molecule has 9 nitrogen and oxygen atoms in total. The molecule has 0 aliphatic carbocycles. The van der Waals surface area contributed by atoms with Crippen molar-refractivity contribution in [2.45, 2.75) is 6.42 Å². The standard InChI is InChI=1S/C26H21BrFN5O4S/c27-18-7-11-20(12-8-18)37-14-13-36-19-9-5-17(6-10-19)16-29-31-23(34)15-24-32-33-26(38-24)30-25(35)21-3-1-2-4-22(21)28/h1-12,16H,13-15H2,(H,31,34)(H,30,33,35)/b29-16+. The number of halogens is 2. The van der Waals surface area contributed by atoms with E-state index in [0.29, 0.717) is 24.0 Å². The molecule has 0 unspecified atom stereocenters. The van der Waals surface area contributed by atoms with Crippen LogP contribution in [0.1, 0.15) is 20.9 Å². The number of carbonyl (C=O) groups excluding carboxylic acids is 2. The fourth-order valence-electron chi connectivity index (χ4n) is 3.04. The minimum absolute atomic E-state index is 0.0837. The molecule has 2 N–H and O–H groups in total. The molecule has 38 heavy (non-hydrogen) atoms. The Morgan fingerprint density at radius 1 is 0.947 bits per heavy atom. The van der Waals surface area contributed by atoms with Gasteiger partial charge in [0.1, 0.15) is 35.5 Å². The predicted octanol–water partition coefficient (Wildman–Crippen LogP) is 4.84. The summed E-state index contributed by atoms with van der Waals surface area (Å²) in [5.41, 5.74) is 3.07. The van der Waals surface area contributed by atoms with E-state index in [0.717, 1.165) is 27.1 Å². The fourth-order valence-corrected chi connectivity index (χ4v) is 4.04. The SMILES string of the molecule is O=C(Cc1nnc(NC(=O)c2ccccc2F)s1)N/N=C/c1ccc(OCCOc2ccc(Br)cc2)cc1. The molecule has 3 aromatic carbocycles. The number of hydrogen-bond acceptors (Lipinski definition) is 8. The zero-order valence-corrected chi connectivity index (χ0v) is 22.2. The molecule has 2 amide bonds. The van der Waals surface area contributed by atoms with Gasteiger partial charge in [0.25, 0.3) is 5.91 Å². The lowest BCUT2D eigenvalue weighted by Gasteiger charge is -2.08. The minimum Gasteiger partial charge on any atom is -0.490 e. The van der Waals surface area contributed by atoms with Crippen LogP contribution in [-0.4, -0.2) is 41.4 Å². The summed E-state index contributed by atoms with van der Waals surface area (Å²) in [6.07, 6.45) is 1.41. The van der Waals surface area contributed by atoms with Crippen molar-refractivity contribution in [2.75, 3.05) is 18.5 Å². The lowest BCUT2D eigenvalue weighted by Crippen LogP contribution is -2.19. The molecule has 0 aliphatic heterocycles. The van der Waals surface area contributed by atoms with Gasteiger partial charge >= 0.3 is 0 Å². The molecule has 0 aliphatic rings. The number of hydrogen-bond donors (Lipinski definition) is 2. The first kappa shape index (κ1) is 26.9. The van der Waals surface area contributed by atoms with Crippen LogP contribution >= 0.6 is 27.3 Å². The van der Waals surface area contributed by atoms with Crippen LogP contribution in [0, 0.1) is 5.82 Å². The van der Waals surface area contributed by atoms with Crippen LogP contribution in [0.4, 0.5) is 9.52 Å². The third-order valence-corrected chi connectivity index (χ3v) is 6.20. The zero-order valence-electron chi connectivity index (χ0n) is 19.8. The van der Waals surface area contributed by atoms with Gasteiger partial charge in [-0.3, -0.25) is 14.9 Å². The summed E-state index contributed by atoms with van der Waals surface area (Å²) in [5.74, 6) is -0.250. The van der Waals surface area contributed by atoms with Crippen LogP contribution in [0.5, 0.6) is 11.5 Å². The van der Waals surface area contributed by atoms with Gasteiger partial charge in [0.2, 0.25) is 11.0 Å². The van der Waals surface area contributed by atoms with E-state index in [4.69, 9.17) is 9.47 Å². The average molecular weight is 598 g/mol. The molecule has 194 valence electrons. The van der Waals surface area contributed by atoms with E-state index >= 15 is 0 Å². The first-order valence-electron chi connectivity index (χ1n) is 11.3. The molecular formula is C26H21BrFN5O4S. The first-order valence-corrected chi connectivity index (χ1v) is 12.9. The van der Waals surface area contributed by atoms with Crippen LogP contribution in [0.3, 0.4) is 0 Å². The summed E-state index contributed by atoms with van der Waals surface area (Å²) in [6.45, 7) is 0.796. The summed E-state index contributed by atoms with van der Waals surface area (Å²) in [7, 11) is 0. The lowest BCUT2D eigenvalue weighted by atomic mass is 10.2. The lowest BCUT2D eigenvalue weighted by molar-refractivity contribution is -0.120. The monoisotopic (exact) mass is 597 g/mol.